The number of nitro benzene ring substituents is 1. The number of amides is 1. The summed E-state index contributed by atoms with van der Waals surface area (Å²) in [5.41, 5.74) is 0.888. The van der Waals surface area contributed by atoms with Crippen LogP contribution >= 0.6 is 0 Å². The summed E-state index contributed by atoms with van der Waals surface area (Å²) in [6.07, 6.45) is 0. The Bertz CT molecular complexity index is 559. The highest BCUT2D eigenvalue weighted by atomic mass is 16.6. The molecule has 0 radical (unpaired) electrons. The molecule has 7 nitrogen and oxygen atoms in total. The van der Waals surface area contributed by atoms with Crippen LogP contribution in [0, 0.1) is 10.1 Å². The Hall–Kier alpha value is -2.15. The van der Waals surface area contributed by atoms with Crippen LogP contribution in [0.25, 0.3) is 0 Å². The van der Waals surface area contributed by atoms with Gasteiger partial charge in [-0.3, -0.25) is 14.9 Å². The monoisotopic (exact) mass is 292 g/mol. The average molecular weight is 292 g/mol. The van der Waals surface area contributed by atoms with Crippen LogP contribution in [-0.2, 0) is 0 Å². The van der Waals surface area contributed by atoms with Crippen LogP contribution in [0.5, 0.6) is 0 Å². The number of carbonyl (C=O) groups is 1. The van der Waals surface area contributed by atoms with Crippen LogP contribution in [0.1, 0.15) is 17.3 Å². The lowest BCUT2D eigenvalue weighted by Gasteiger charge is -2.33. The number of anilines is 1. The predicted octanol–water partition coefficient (Wildman–Crippen LogP) is 1.09. The van der Waals surface area contributed by atoms with Crippen molar-refractivity contribution in [2.45, 2.75) is 13.0 Å². The van der Waals surface area contributed by atoms with Gasteiger partial charge < -0.3 is 15.1 Å². The molecule has 114 valence electrons. The van der Waals surface area contributed by atoms with Gasteiger partial charge in [-0.2, -0.15) is 0 Å². The van der Waals surface area contributed by atoms with E-state index in [0.717, 1.165) is 6.54 Å². The van der Waals surface area contributed by atoms with Gasteiger partial charge in [-0.1, -0.05) is 0 Å². The van der Waals surface area contributed by atoms with Gasteiger partial charge in [0.15, 0.2) is 0 Å². The number of rotatable bonds is 3. The topological polar surface area (TPSA) is 78.7 Å². The second-order valence-electron chi connectivity index (χ2n) is 5.46. The van der Waals surface area contributed by atoms with Crippen molar-refractivity contribution in [1.29, 1.82) is 0 Å². The van der Waals surface area contributed by atoms with Gasteiger partial charge in [0.25, 0.3) is 11.6 Å². The van der Waals surface area contributed by atoms with E-state index >= 15 is 0 Å². The van der Waals surface area contributed by atoms with Crippen LogP contribution in [0.2, 0.25) is 0 Å². The number of carbonyl (C=O) groups excluding carboxylic acids is 1. The fourth-order valence-electron chi connectivity index (χ4n) is 2.48. The SMILES string of the molecule is C[C@H]1CN(c2ccc(C(=O)N(C)C)cc2[N+](=O)[O-])CCN1. The second kappa shape index (κ2) is 6.09. The Morgan fingerprint density at radius 1 is 1.48 bits per heavy atom. The molecule has 1 aliphatic rings. The molecule has 0 unspecified atom stereocenters. The maximum absolute atomic E-state index is 11.9. The summed E-state index contributed by atoms with van der Waals surface area (Å²) in [5.74, 6) is -0.238. The summed E-state index contributed by atoms with van der Waals surface area (Å²) in [5, 5.41) is 14.6. The second-order valence-corrected chi connectivity index (χ2v) is 5.46. The number of hydrogen-bond donors (Lipinski definition) is 1. The zero-order valence-corrected chi connectivity index (χ0v) is 12.5. The minimum Gasteiger partial charge on any atom is -0.363 e. The highest BCUT2D eigenvalue weighted by Gasteiger charge is 2.25. The molecule has 1 aromatic rings. The first-order valence-corrected chi connectivity index (χ1v) is 6.88. The predicted molar refractivity (Wildman–Crippen MR) is 80.8 cm³/mol. The molecule has 21 heavy (non-hydrogen) atoms. The van der Waals surface area contributed by atoms with Crippen molar-refractivity contribution < 1.29 is 9.72 Å². The zero-order chi connectivity index (χ0) is 15.6. The van der Waals surface area contributed by atoms with E-state index in [0.29, 0.717) is 24.3 Å². The quantitative estimate of drug-likeness (QED) is 0.666. The lowest BCUT2D eigenvalue weighted by Crippen LogP contribution is -2.49. The first-order chi connectivity index (χ1) is 9.90. The number of hydrogen-bond acceptors (Lipinski definition) is 5. The number of nitrogens with zero attached hydrogens (tertiary/aromatic N) is 3. The summed E-state index contributed by atoms with van der Waals surface area (Å²) >= 11 is 0. The molecule has 1 N–H and O–H groups in total. The van der Waals surface area contributed by atoms with Crippen molar-refractivity contribution in [3.05, 3.63) is 33.9 Å². The third-order valence-electron chi connectivity index (χ3n) is 3.53. The molecule has 0 spiro atoms. The Kier molecular flexibility index (Phi) is 4.42. The average Bonchev–Trinajstić information content (AvgIpc) is 2.45. The normalized spacial score (nSPS) is 18.4. The molecule has 0 saturated carbocycles. The van der Waals surface area contributed by atoms with Crippen molar-refractivity contribution in [3.8, 4) is 0 Å². The van der Waals surface area contributed by atoms with Crippen molar-refractivity contribution in [2.75, 3.05) is 38.6 Å². The van der Waals surface area contributed by atoms with Gasteiger partial charge in [0.2, 0.25) is 0 Å². The van der Waals surface area contributed by atoms with E-state index in [1.165, 1.54) is 11.0 Å². The molecule has 1 saturated heterocycles. The Balaban J connectivity index is 2.38. The van der Waals surface area contributed by atoms with Crippen LogP contribution < -0.4 is 10.2 Å². The molecule has 1 fully saturated rings. The Morgan fingerprint density at radius 3 is 2.76 bits per heavy atom. The molecule has 7 heteroatoms. The van der Waals surface area contributed by atoms with Crippen LogP contribution in [-0.4, -0.2) is 55.5 Å². The molecule has 0 bridgehead atoms. The van der Waals surface area contributed by atoms with Gasteiger partial charge >= 0.3 is 0 Å². The number of benzene rings is 1. The third kappa shape index (κ3) is 3.30. The Labute approximate surface area is 123 Å². The van der Waals surface area contributed by atoms with E-state index in [2.05, 4.69) is 5.32 Å². The molecule has 2 rings (SSSR count). The summed E-state index contributed by atoms with van der Waals surface area (Å²) in [4.78, 5) is 26.2. The Morgan fingerprint density at radius 2 is 2.19 bits per heavy atom. The van der Waals surface area contributed by atoms with Crippen LogP contribution in [0.3, 0.4) is 0 Å². The van der Waals surface area contributed by atoms with Gasteiger partial charge in [-0.05, 0) is 19.1 Å². The molecule has 1 atom stereocenters. The minimum absolute atomic E-state index is 0.0169. The van der Waals surface area contributed by atoms with Gasteiger partial charge in [0.05, 0.1) is 4.92 Å². The van der Waals surface area contributed by atoms with Crippen molar-refractivity contribution in [2.24, 2.45) is 0 Å². The summed E-state index contributed by atoms with van der Waals surface area (Å²) in [6.45, 7) is 4.26. The van der Waals surface area contributed by atoms with E-state index in [4.69, 9.17) is 0 Å². The van der Waals surface area contributed by atoms with Gasteiger partial charge in [0, 0.05) is 51.4 Å². The number of piperazine rings is 1. The molecular formula is C14H20N4O3. The maximum atomic E-state index is 11.9. The standard InChI is InChI=1S/C14H20N4O3/c1-10-9-17(7-6-15-10)12-5-4-11(14(19)16(2)3)8-13(12)18(20)21/h4-5,8,10,15H,6-7,9H2,1-3H3/t10-/m0/s1. The van der Waals surface area contributed by atoms with E-state index in [1.807, 2.05) is 11.8 Å². The van der Waals surface area contributed by atoms with Crippen molar-refractivity contribution in [3.63, 3.8) is 0 Å². The lowest BCUT2D eigenvalue weighted by atomic mass is 10.1. The van der Waals surface area contributed by atoms with Crippen molar-refractivity contribution in [1.82, 2.24) is 10.2 Å². The fourth-order valence-corrected chi connectivity index (χ4v) is 2.48. The van der Waals surface area contributed by atoms with E-state index in [9.17, 15) is 14.9 Å². The zero-order valence-electron chi connectivity index (χ0n) is 12.5. The van der Waals surface area contributed by atoms with Crippen LogP contribution in [0.15, 0.2) is 18.2 Å². The fraction of sp³-hybridized carbons (Fsp3) is 0.500. The molecular weight excluding hydrogens is 272 g/mol. The number of nitrogens with one attached hydrogen (secondary N) is 1. The van der Waals surface area contributed by atoms with Crippen LogP contribution in [0.4, 0.5) is 11.4 Å². The molecule has 1 aliphatic heterocycles. The minimum atomic E-state index is -0.422. The summed E-state index contributed by atoms with van der Waals surface area (Å²) < 4.78 is 0. The van der Waals surface area contributed by atoms with E-state index < -0.39 is 4.92 Å². The summed E-state index contributed by atoms with van der Waals surface area (Å²) in [6, 6.07) is 4.97. The van der Waals surface area contributed by atoms with Gasteiger partial charge in [0.1, 0.15) is 5.69 Å². The third-order valence-corrected chi connectivity index (χ3v) is 3.53. The van der Waals surface area contributed by atoms with E-state index in [1.54, 1.807) is 26.2 Å². The molecule has 1 amide bonds. The molecule has 0 aromatic heterocycles. The van der Waals surface area contributed by atoms with Crippen molar-refractivity contribution >= 4 is 17.3 Å². The molecule has 0 aliphatic carbocycles. The van der Waals surface area contributed by atoms with Gasteiger partial charge in [-0.15, -0.1) is 0 Å². The number of nitro groups is 1. The highest BCUT2D eigenvalue weighted by molar-refractivity contribution is 5.95. The van der Waals surface area contributed by atoms with Gasteiger partial charge in [-0.25, -0.2) is 0 Å². The smallest absolute Gasteiger partial charge is 0.293 e. The molecule has 1 aromatic carbocycles. The summed E-state index contributed by atoms with van der Waals surface area (Å²) in [7, 11) is 3.25. The highest BCUT2D eigenvalue weighted by Crippen LogP contribution is 2.30. The first kappa shape index (κ1) is 15.2. The first-order valence-electron chi connectivity index (χ1n) is 6.88. The van der Waals surface area contributed by atoms with E-state index in [-0.39, 0.29) is 17.6 Å². The largest absolute Gasteiger partial charge is 0.363 e. The molecule has 1 heterocycles. The lowest BCUT2D eigenvalue weighted by molar-refractivity contribution is -0.384. The maximum Gasteiger partial charge on any atom is 0.293 e.